The van der Waals surface area contributed by atoms with E-state index in [-0.39, 0.29) is 11.8 Å². The van der Waals surface area contributed by atoms with Gasteiger partial charge in [-0.25, -0.2) is 0 Å². The van der Waals surface area contributed by atoms with Gasteiger partial charge in [-0.05, 0) is 44.2 Å². The zero-order chi connectivity index (χ0) is 19.4. The highest BCUT2D eigenvalue weighted by Crippen LogP contribution is 2.21. The molecular formula is C21H23ClN2O3. The highest BCUT2D eigenvalue weighted by Gasteiger charge is 2.36. The first kappa shape index (κ1) is 19.2. The van der Waals surface area contributed by atoms with Gasteiger partial charge < -0.3 is 14.5 Å². The van der Waals surface area contributed by atoms with E-state index in [1.807, 2.05) is 30.3 Å². The molecule has 0 bridgehead atoms. The van der Waals surface area contributed by atoms with E-state index in [1.54, 1.807) is 47.9 Å². The first-order chi connectivity index (χ1) is 12.9. The average molecular weight is 387 g/mol. The number of amides is 2. The predicted molar refractivity (Wildman–Crippen MR) is 105 cm³/mol. The number of ether oxygens (including phenoxy) is 1. The monoisotopic (exact) mass is 386 g/mol. The van der Waals surface area contributed by atoms with Crippen LogP contribution in [-0.2, 0) is 4.79 Å². The van der Waals surface area contributed by atoms with Crippen molar-refractivity contribution in [2.24, 2.45) is 0 Å². The zero-order valence-electron chi connectivity index (χ0n) is 15.5. The summed E-state index contributed by atoms with van der Waals surface area (Å²) in [5.74, 6) is 0.510. The van der Waals surface area contributed by atoms with E-state index in [9.17, 15) is 9.59 Å². The summed E-state index contributed by atoms with van der Waals surface area (Å²) in [6.07, 6.45) is 0. The van der Waals surface area contributed by atoms with E-state index in [4.69, 9.17) is 16.3 Å². The fraction of sp³-hybridized carbons (Fsp3) is 0.333. The van der Waals surface area contributed by atoms with Crippen molar-refractivity contribution in [3.05, 3.63) is 65.2 Å². The lowest BCUT2D eigenvalue weighted by Gasteiger charge is -2.38. The molecule has 1 aliphatic heterocycles. The number of hydrogen-bond acceptors (Lipinski definition) is 3. The quantitative estimate of drug-likeness (QED) is 0.808. The first-order valence-corrected chi connectivity index (χ1v) is 9.33. The molecule has 0 saturated carbocycles. The van der Waals surface area contributed by atoms with Crippen molar-refractivity contribution in [1.29, 1.82) is 0 Å². The number of carbonyl (C=O) groups excluding carboxylic acids is 2. The Labute approximate surface area is 164 Å². The summed E-state index contributed by atoms with van der Waals surface area (Å²) < 4.78 is 5.89. The largest absolute Gasteiger partial charge is 0.478 e. The highest BCUT2D eigenvalue weighted by atomic mass is 35.5. The minimum absolute atomic E-state index is 0.0654. The van der Waals surface area contributed by atoms with Crippen LogP contribution < -0.4 is 4.74 Å². The summed E-state index contributed by atoms with van der Waals surface area (Å²) in [7, 11) is 0. The molecule has 2 aromatic carbocycles. The van der Waals surface area contributed by atoms with Gasteiger partial charge in [0.2, 0.25) is 0 Å². The zero-order valence-corrected chi connectivity index (χ0v) is 16.3. The molecule has 0 aromatic heterocycles. The maximum atomic E-state index is 12.9. The first-order valence-electron chi connectivity index (χ1n) is 8.95. The Morgan fingerprint density at radius 3 is 2.19 bits per heavy atom. The Morgan fingerprint density at radius 1 is 0.926 bits per heavy atom. The second-order valence-corrected chi connectivity index (χ2v) is 7.46. The summed E-state index contributed by atoms with van der Waals surface area (Å²) in [6, 6.07) is 16.2. The second kappa shape index (κ2) is 8.01. The molecule has 1 fully saturated rings. The lowest BCUT2D eigenvalue weighted by molar-refractivity contribution is -0.147. The highest BCUT2D eigenvalue weighted by molar-refractivity contribution is 6.30. The van der Waals surface area contributed by atoms with Crippen molar-refractivity contribution in [3.63, 3.8) is 0 Å². The molecule has 6 heteroatoms. The van der Waals surface area contributed by atoms with Gasteiger partial charge in [-0.15, -0.1) is 0 Å². The maximum Gasteiger partial charge on any atom is 0.266 e. The summed E-state index contributed by atoms with van der Waals surface area (Å²) in [4.78, 5) is 29.0. The summed E-state index contributed by atoms with van der Waals surface area (Å²) in [5.41, 5.74) is -0.407. The van der Waals surface area contributed by atoms with E-state index in [0.29, 0.717) is 42.5 Å². The molecule has 0 atom stereocenters. The lowest BCUT2D eigenvalue weighted by atomic mass is 10.1. The number of hydrogen-bond donors (Lipinski definition) is 0. The standard InChI is InChI=1S/C21H23ClN2O3/c1-21(2,27-18-9-4-3-5-10-18)20(26)24-13-11-23(12-14-24)19(25)16-7-6-8-17(22)15-16/h3-10,15H,11-14H2,1-2H3. The SMILES string of the molecule is CC(C)(Oc1ccccc1)C(=O)N1CCN(C(=O)c2cccc(Cl)c2)CC1. The van der Waals surface area contributed by atoms with Gasteiger partial charge in [0.15, 0.2) is 5.60 Å². The van der Waals surface area contributed by atoms with Crippen LogP contribution in [0.5, 0.6) is 5.75 Å². The second-order valence-electron chi connectivity index (χ2n) is 7.02. The van der Waals surface area contributed by atoms with Crippen molar-refractivity contribution < 1.29 is 14.3 Å². The van der Waals surface area contributed by atoms with Crippen molar-refractivity contribution >= 4 is 23.4 Å². The third-order valence-corrected chi connectivity index (χ3v) is 4.79. The minimum atomic E-state index is -0.972. The van der Waals surface area contributed by atoms with Gasteiger partial charge in [0.25, 0.3) is 11.8 Å². The van der Waals surface area contributed by atoms with Crippen LogP contribution in [0, 0.1) is 0 Å². The molecule has 2 aromatic rings. The van der Waals surface area contributed by atoms with Gasteiger partial charge in [-0.1, -0.05) is 35.9 Å². The number of nitrogens with zero attached hydrogens (tertiary/aromatic N) is 2. The molecule has 3 rings (SSSR count). The maximum absolute atomic E-state index is 12.9. The number of para-hydroxylation sites is 1. The predicted octanol–water partition coefficient (Wildman–Crippen LogP) is 3.48. The molecule has 1 aliphatic rings. The molecule has 0 N–H and O–H groups in total. The van der Waals surface area contributed by atoms with Crippen LogP contribution in [0.1, 0.15) is 24.2 Å². The third-order valence-electron chi connectivity index (χ3n) is 4.56. The minimum Gasteiger partial charge on any atom is -0.478 e. The van der Waals surface area contributed by atoms with Gasteiger partial charge in [-0.3, -0.25) is 9.59 Å². The number of halogens is 1. The molecule has 5 nitrogen and oxygen atoms in total. The molecule has 142 valence electrons. The van der Waals surface area contributed by atoms with Crippen LogP contribution in [0.3, 0.4) is 0 Å². The normalized spacial score (nSPS) is 14.8. The molecule has 0 unspecified atom stereocenters. The number of benzene rings is 2. The van der Waals surface area contributed by atoms with E-state index < -0.39 is 5.60 Å². The van der Waals surface area contributed by atoms with Crippen LogP contribution in [0.4, 0.5) is 0 Å². The van der Waals surface area contributed by atoms with Crippen molar-refractivity contribution in [2.45, 2.75) is 19.4 Å². The summed E-state index contributed by atoms with van der Waals surface area (Å²) in [5, 5.41) is 0.537. The third kappa shape index (κ3) is 4.61. The Hall–Kier alpha value is -2.53. The molecule has 1 saturated heterocycles. The van der Waals surface area contributed by atoms with E-state index in [0.717, 1.165) is 0 Å². The van der Waals surface area contributed by atoms with Crippen LogP contribution in [0.15, 0.2) is 54.6 Å². The molecular weight excluding hydrogens is 364 g/mol. The van der Waals surface area contributed by atoms with Crippen molar-refractivity contribution in [2.75, 3.05) is 26.2 Å². The van der Waals surface area contributed by atoms with E-state index in [2.05, 4.69) is 0 Å². The van der Waals surface area contributed by atoms with Crippen molar-refractivity contribution in [3.8, 4) is 5.75 Å². The summed E-state index contributed by atoms with van der Waals surface area (Å²) in [6.45, 7) is 5.47. The molecule has 0 spiro atoms. The average Bonchev–Trinajstić information content (AvgIpc) is 2.67. The number of rotatable bonds is 4. The molecule has 27 heavy (non-hydrogen) atoms. The number of carbonyl (C=O) groups is 2. The van der Waals surface area contributed by atoms with Gasteiger partial charge in [0.1, 0.15) is 5.75 Å². The van der Waals surface area contributed by atoms with Gasteiger partial charge >= 0.3 is 0 Å². The molecule has 1 heterocycles. The fourth-order valence-corrected chi connectivity index (χ4v) is 3.31. The van der Waals surface area contributed by atoms with Crippen LogP contribution >= 0.6 is 11.6 Å². The van der Waals surface area contributed by atoms with Crippen molar-refractivity contribution in [1.82, 2.24) is 9.80 Å². The van der Waals surface area contributed by atoms with Crippen LogP contribution in [0.25, 0.3) is 0 Å². The Bertz CT molecular complexity index is 815. The Morgan fingerprint density at radius 2 is 1.56 bits per heavy atom. The smallest absolute Gasteiger partial charge is 0.266 e. The topological polar surface area (TPSA) is 49.9 Å². The van der Waals surface area contributed by atoms with Crippen LogP contribution in [-0.4, -0.2) is 53.4 Å². The van der Waals surface area contributed by atoms with Gasteiger partial charge in [0.05, 0.1) is 0 Å². The van der Waals surface area contributed by atoms with E-state index in [1.165, 1.54) is 0 Å². The van der Waals surface area contributed by atoms with Gasteiger partial charge in [0, 0.05) is 36.8 Å². The molecule has 0 radical (unpaired) electrons. The molecule has 2 amide bonds. The summed E-state index contributed by atoms with van der Waals surface area (Å²) >= 11 is 5.97. The Kier molecular flexibility index (Phi) is 5.71. The lowest BCUT2D eigenvalue weighted by Crippen LogP contribution is -2.56. The van der Waals surface area contributed by atoms with Crippen LogP contribution in [0.2, 0.25) is 5.02 Å². The number of piperazine rings is 1. The van der Waals surface area contributed by atoms with Gasteiger partial charge in [-0.2, -0.15) is 0 Å². The molecule has 0 aliphatic carbocycles. The van der Waals surface area contributed by atoms with E-state index >= 15 is 0 Å². The fourth-order valence-electron chi connectivity index (χ4n) is 3.12. The Balaban J connectivity index is 1.59.